The van der Waals surface area contributed by atoms with Crippen LogP contribution in [-0.4, -0.2) is 14.1 Å². The van der Waals surface area contributed by atoms with E-state index in [4.69, 9.17) is 4.43 Å². The number of Topliss-reactive ketones (excluding diaryl/α,β-unsaturated/α-hetero) is 1. The zero-order chi connectivity index (χ0) is 15.0. The summed E-state index contributed by atoms with van der Waals surface area (Å²) in [6, 6.07) is 1.87. The van der Waals surface area contributed by atoms with E-state index in [2.05, 4.69) is 0 Å². The molecular formula is C14H20F2O2Si. The van der Waals surface area contributed by atoms with Crippen molar-refractivity contribution in [3.63, 3.8) is 0 Å². The third-order valence-corrected chi connectivity index (χ3v) is 7.91. The Bertz CT molecular complexity index is 505. The van der Waals surface area contributed by atoms with Crippen LogP contribution in [0, 0.1) is 11.6 Å². The number of hydrogen-bond acceptors (Lipinski definition) is 2. The summed E-state index contributed by atoms with van der Waals surface area (Å²) in [6.45, 7) is 11.2. The van der Waals surface area contributed by atoms with Crippen molar-refractivity contribution >= 4 is 14.1 Å². The molecule has 0 bridgehead atoms. The van der Waals surface area contributed by atoms with E-state index in [0.717, 1.165) is 6.07 Å². The van der Waals surface area contributed by atoms with Gasteiger partial charge in [0, 0.05) is 6.07 Å². The Morgan fingerprint density at radius 1 is 1.16 bits per heavy atom. The van der Waals surface area contributed by atoms with Gasteiger partial charge in [-0.2, -0.15) is 0 Å². The standard InChI is InChI=1S/C14H20F2O2Si/c1-9(17)10-7-13(12(16)8-11(10)15)18-19(5,6)14(2,3)4/h7-8H,1-6H3. The van der Waals surface area contributed by atoms with Gasteiger partial charge in [0.1, 0.15) is 11.6 Å². The minimum absolute atomic E-state index is 0.0433. The molecule has 0 spiro atoms. The maximum atomic E-state index is 13.8. The van der Waals surface area contributed by atoms with E-state index in [1.54, 1.807) is 0 Å². The molecule has 0 amide bonds. The van der Waals surface area contributed by atoms with Crippen LogP contribution in [0.3, 0.4) is 0 Å². The summed E-state index contributed by atoms with van der Waals surface area (Å²) in [5.74, 6) is -2.12. The Balaban J connectivity index is 3.22. The van der Waals surface area contributed by atoms with Gasteiger partial charge < -0.3 is 4.43 Å². The summed E-state index contributed by atoms with van der Waals surface area (Å²) in [6.07, 6.45) is 0. The second-order valence-corrected chi connectivity index (χ2v) is 10.9. The van der Waals surface area contributed by atoms with Crippen molar-refractivity contribution in [2.75, 3.05) is 0 Å². The molecule has 0 saturated heterocycles. The van der Waals surface area contributed by atoms with Gasteiger partial charge in [0.25, 0.3) is 8.32 Å². The van der Waals surface area contributed by atoms with Crippen molar-refractivity contribution in [1.82, 2.24) is 0 Å². The number of halogens is 2. The third kappa shape index (κ3) is 3.41. The lowest BCUT2D eigenvalue weighted by Crippen LogP contribution is -2.44. The molecule has 0 N–H and O–H groups in total. The lowest BCUT2D eigenvalue weighted by molar-refractivity contribution is 0.101. The first-order chi connectivity index (χ1) is 8.45. The second kappa shape index (κ2) is 5.04. The van der Waals surface area contributed by atoms with Gasteiger partial charge in [-0.25, -0.2) is 8.78 Å². The van der Waals surface area contributed by atoms with E-state index in [9.17, 15) is 13.6 Å². The summed E-state index contributed by atoms with van der Waals surface area (Å²) in [7, 11) is -2.23. The molecule has 0 atom stereocenters. The van der Waals surface area contributed by atoms with Crippen LogP contribution in [0.25, 0.3) is 0 Å². The van der Waals surface area contributed by atoms with Gasteiger partial charge in [-0.1, -0.05) is 20.8 Å². The molecule has 1 aromatic rings. The van der Waals surface area contributed by atoms with Gasteiger partial charge in [-0.15, -0.1) is 0 Å². The predicted octanol–water partition coefficient (Wildman–Crippen LogP) is 4.55. The smallest absolute Gasteiger partial charge is 0.250 e. The van der Waals surface area contributed by atoms with Crippen molar-refractivity contribution in [3.8, 4) is 5.75 Å². The van der Waals surface area contributed by atoms with Gasteiger partial charge in [0.2, 0.25) is 0 Å². The monoisotopic (exact) mass is 286 g/mol. The van der Waals surface area contributed by atoms with E-state index in [1.165, 1.54) is 6.92 Å². The van der Waals surface area contributed by atoms with Gasteiger partial charge in [0.15, 0.2) is 11.6 Å². The van der Waals surface area contributed by atoms with Gasteiger partial charge >= 0.3 is 0 Å². The Labute approximate surface area is 113 Å². The summed E-state index contributed by atoms with van der Waals surface area (Å²) in [4.78, 5) is 11.3. The first-order valence-corrected chi connectivity index (χ1v) is 9.05. The second-order valence-electron chi connectivity index (χ2n) is 6.18. The number of ketones is 1. The van der Waals surface area contributed by atoms with Crippen LogP contribution in [0.2, 0.25) is 18.1 Å². The lowest BCUT2D eigenvalue weighted by Gasteiger charge is -2.36. The zero-order valence-electron chi connectivity index (χ0n) is 12.2. The predicted molar refractivity (Wildman–Crippen MR) is 74.2 cm³/mol. The molecule has 0 saturated carbocycles. The molecule has 0 aliphatic heterocycles. The number of benzene rings is 1. The van der Waals surface area contributed by atoms with E-state index >= 15 is 0 Å². The van der Waals surface area contributed by atoms with Crippen LogP contribution in [0.4, 0.5) is 8.78 Å². The molecule has 1 aromatic carbocycles. The summed E-state index contributed by atoms with van der Waals surface area (Å²) in [5, 5.41) is -0.107. The molecule has 5 heteroatoms. The minimum atomic E-state index is -2.23. The Morgan fingerprint density at radius 3 is 2.11 bits per heavy atom. The van der Waals surface area contributed by atoms with Crippen LogP contribution in [-0.2, 0) is 0 Å². The van der Waals surface area contributed by atoms with E-state index < -0.39 is 25.7 Å². The quantitative estimate of drug-likeness (QED) is 0.602. The molecule has 106 valence electrons. The molecule has 2 nitrogen and oxygen atoms in total. The highest BCUT2D eigenvalue weighted by Crippen LogP contribution is 2.38. The van der Waals surface area contributed by atoms with Gasteiger partial charge in [-0.05, 0) is 31.1 Å². The zero-order valence-corrected chi connectivity index (χ0v) is 13.2. The van der Waals surface area contributed by atoms with Crippen LogP contribution < -0.4 is 4.43 Å². The molecule has 0 aromatic heterocycles. The molecule has 0 aliphatic carbocycles. The van der Waals surface area contributed by atoms with Crippen molar-refractivity contribution < 1.29 is 18.0 Å². The SMILES string of the molecule is CC(=O)c1cc(O[Si](C)(C)C(C)(C)C)c(F)cc1F. The van der Waals surface area contributed by atoms with Gasteiger partial charge in [-0.3, -0.25) is 4.79 Å². The Hall–Kier alpha value is -1.23. The van der Waals surface area contributed by atoms with E-state index in [0.29, 0.717) is 6.07 Å². The highest BCUT2D eigenvalue weighted by Gasteiger charge is 2.39. The van der Waals surface area contributed by atoms with Gasteiger partial charge in [0.05, 0.1) is 5.56 Å². The van der Waals surface area contributed by atoms with Crippen molar-refractivity contribution in [3.05, 3.63) is 29.3 Å². The number of rotatable bonds is 3. The normalized spacial score (nSPS) is 12.4. The number of carbonyl (C=O) groups excluding carboxylic acids is 1. The summed E-state index contributed by atoms with van der Waals surface area (Å²) < 4.78 is 33.0. The van der Waals surface area contributed by atoms with E-state index in [1.807, 2.05) is 33.9 Å². The van der Waals surface area contributed by atoms with Crippen molar-refractivity contribution in [2.24, 2.45) is 0 Å². The topological polar surface area (TPSA) is 26.3 Å². The van der Waals surface area contributed by atoms with Crippen LogP contribution in [0.15, 0.2) is 12.1 Å². The molecule has 0 aliphatic rings. The maximum Gasteiger partial charge on any atom is 0.250 e. The molecule has 0 radical (unpaired) electrons. The molecule has 19 heavy (non-hydrogen) atoms. The Morgan fingerprint density at radius 2 is 1.68 bits per heavy atom. The Kier molecular flexibility index (Phi) is 4.19. The van der Waals surface area contributed by atoms with Crippen LogP contribution >= 0.6 is 0 Å². The average Bonchev–Trinajstić information content (AvgIpc) is 2.19. The summed E-state index contributed by atoms with van der Waals surface area (Å²) in [5.41, 5.74) is -0.143. The first kappa shape index (κ1) is 15.8. The molecule has 1 rings (SSSR count). The van der Waals surface area contributed by atoms with Crippen LogP contribution in [0.1, 0.15) is 38.1 Å². The highest BCUT2D eigenvalue weighted by atomic mass is 28.4. The fraction of sp³-hybridized carbons (Fsp3) is 0.500. The number of carbonyl (C=O) groups is 1. The maximum absolute atomic E-state index is 13.8. The van der Waals surface area contributed by atoms with Crippen molar-refractivity contribution in [1.29, 1.82) is 0 Å². The van der Waals surface area contributed by atoms with Crippen molar-refractivity contribution in [2.45, 2.75) is 45.8 Å². The molecule has 0 heterocycles. The highest BCUT2D eigenvalue weighted by molar-refractivity contribution is 6.74. The third-order valence-electron chi connectivity index (χ3n) is 3.57. The lowest BCUT2D eigenvalue weighted by atomic mass is 10.1. The molecule has 0 fully saturated rings. The fourth-order valence-electron chi connectivity index (χ4n) is 1.31. The molecular weight excluding hydrogens is 266 g/mol. The fourth-order valence-corrected chi connectivity index (χ4v) is 2.32. The average molecular weight is 286 g/mol. The molecule has 0 unspecified atom stereocenters. The minimum Gasteiger partial charge on any atom is -0.542 e. The van der Waals surface area contributed by atoms with Crippen LogP contribution in [0.5, 0.6) is 5.75 Å². The largest absolute Gasteiger partial charge is 0.542 e. The van der Waals surface area contributed by atoms with E-state index in [-0.39, 0.29) is 16.4 Å². The summed E-state index contributed by atoms with van der Waals surface area (Å²) >= 11 is 0. The number of hydrogen-bond donors (Lipinski definition) is 0. The first-order valence-electron chi connectivity index (χ1n) is 6.15.